The number of carboxylic acids is 1. The smallest absolute Gasteiger partial charge is 0.334 e. The second-order valence-electron chi connectivity index (χ2n) is 4.40. The predicted octanol–water partition coefficient (Wildman–Crippen LogP) is -1.12. The molecule has 1 aliphatic heterocycles. The fourth-order valence-corrected chi connectivity index (χ4v) is 1.88. The molecule has 0 aromatic carbocycles. The van der Waals surface area contributed by atoms with E-state index in [0.29, 0.717) is 6.54 Å². The molecule has 0 bridgehead atoms. The molecule has 0 radical (unpaired) electrons. The zero-order chi connectivity index (χ0) is 14.4. The number of aliphatic carboxylic acids is 1. The zero-order valence-electron chi connectivity index (χ0n) is 11.0. The van der Waals surface area contributed by atoms with Crippen molar-refractivity contribution in [2.75, 3.05) is 33.4 Å². The number of aliphatic hydroxyl groups is 1. The Morgan fingerprint density at radius 1 is 1.53 bits per heavy atom. The van der Waals surface area contributed by atoms with Crippen LogP contribution < -0.4 is 5.32 Å². The minimum Gasteiger partial charge on any atom is -0.479 e. The van der Waals surface area contributed by atoms with E-state index in [-0.39, 0.29) is 25.8 Å². The Bertz CT molecular complexity index is 324. The number of carboxylic acid groups (broad SMARTS) is 1. The second kappa shape index (κ2) is 7.27. The van der Waals surface area contributed by atoms with Gasteiger partial charge in [-0.05, 0) is 6.92 Å². The summed E-state index contributed by atoms with van der Waals surface area (Å²) >= 11 is 0. The van der Waals surface area contributed by atoms with Crippen LogP contribution in [0.4, 0.5) is 4.79 Å². The maximum absolute atomic E-state index is 11.9. The summed E-state index contributed by atoms with van der Waals surface area (Å²) in [5.74, 6) is -1.13. The average Bonchev–Trinajstić information content (AvgIpc) is 2.37. The summed E-state index contributed by atoms with van der Waals surface area (Å²) in [5.41, 5.74) is 0. The molecule has 3 unspecified atom stereocenters. The molecule has 0 spiro atoms. The van der Waals surface area contributed by atoms with Crippen LogP contribution in [-0.2, 0) is 14.3 Å². The predicted molar refractivity (Wildman–Crippen MR) is 64.8 cm³/mol. The summed E-state index contributed by atoms with van der Waals surface area (Å²) in [6, 6.07) is -0.392. The van der Waals surface area contributed by atoms with E-state index in [2.05, 4.69) is 5.32 Å². The molecule has 1 heterocycles. The number of hydrogen-bond donors (Lipinski definition) is 3. The Labute approximate surface area is 111 Å². The number of aliphatic hydroxyl groups excluding tert-OH is 1. The first kappa shape index (κ1) is 15.7. The number of carbonyl (C=O) groups is 2. The summed E-state index contributed by atoms with van der Waals surface area (Å²) in [5, 5.41) is 20.3. The average molecular weight is 276 g/mol. The molecule has 3 atom stereocenters. The van der Waals surface area contributed by atoms with Crippen LogP contribution in [0.5, 0.6) is 0 Å². The molecule has 0 saturated carbocycles. The highest BCUT2D eigenvalue weighted by atomic mass is 16.5. The lowest BCUT2D eigenvalue weighted by Gasteiger charge is -2.36. The van der Waals surface area contributed by atoms with E-state index in [9.17, 15) is 9.59 Å². The van der Waals surface area contributed by atoms with Gasteiger partial charge < -0.3 is 29.9 Å². The topological polar surface area (TPSA) is 108 Å². The molecule has 110 valence electrons. The van der Waals surface area contributed by atoms with Gasteiger partial charge in [-0.1, -0.05) is 0 Å². The molecule has 1 rings (SSSR count). The number of carbonyl (C=O) groups excluding carboxylic acids is 1. The lowest BCUT2D eigenvalue weighted by Crippen LogP contribution is -2.54. The van der Waals surface area contributed by atoms with E-state index in [0.717, 1.165) is 0 Å². The van der Waals surface area contributed by atoms with Crippen LogP contribution in [0.15, 0.2) is 0 Å². The minimum atomic E-state index is -1.13. The first-order valence-electron chi connectivity index (χ1n) is 6.02. The highest BCUT2D eigenvalue weighted by molar-refractivity contribution is 5.77. The SMILES string of the molecule is COC(CNC(=O)N1CC(C)OC(CO)C1)C(=O)O. The number of amides is 2. The van der Waals surface area contributed by atoms with Crippen molar-refractivity contribution in [2.45, 2.75) is 25.2 Å². The van der Waals surface area contributed by atoms with Crippen molar-refractivity contribution in [1.82, 2.24) is 10.2 Å². The zero-order valence-corrected chi connectivity index (χ0v) is 11.0. The van der Waals surface area contributed by atoms with Gasteiger partial charge in [-0.2, -0.15) is 0 Å². The molecular formula is C11H20N2O6. The first-order chi connectivity index (χ1) is 8.97. The molecule has 19 heavy (non-hydrogen) atoms. The van der Waals surface area contributed by atoms with Gasteiger partial charge in [-0.3, -0.25) is 0 Å². The maximum Gasteiger partial charge on any atom is 0.334 e. The third-order valence-electron chi connectivity index (χ3n) is 2.82. The number of urea groups is 1. The van der Waals surface area contributed by atoms with Crippen LogP contribution in [-0.4, -0.2) is 78.8 Å². The van der Waals surface area contributed by atoms with E-state index in [1.165, 1.54) is 12.0 Å². The standard InChI is InChI=1S/C11H20N2O6/c1-7-4-13(5-8(6-14)19-7)11(17)12-3-9(18-2)10(15)16/h7-9,14H,3-6H2,1-2H3,(H,12,17)(H,15,16). The molecule has 3 N–H and O–H groups in total. The molecule has 2 amide bonds. The number of methoxy groups -OCH3 is 1. The Balaban J connectivity index is 2.46. The quantitative estimate of drug-likeness (QED) is 0.587. The molecule has 1 saturated heterocycles. The van der Waals surface area contributed by atoms with Crippen LogP contribution in [0, 0.1) is 0 Å². The van der Waals surface area contributed by atoms with Gasteiger partial charge in [0.15, 0.2) is 6.10 Å². The number of nitrogens with zero attached hydrogens (tertiary/aromatic N) is 1. The number of nitrogens with one attached hydrogen (secondary N) is 1. The molecule has 8 heteroatoms. The van der Waals surface area contributed by atoms with Crippen molar-refractivity contribution in [2.24, 2.45) is 0 Å². The van der Waals surface area contributed by atoms with Crippen molar-refractivity contribution >= 4 is 12.0 Å². The summed E-state index contributed by atoms with van der Waals surface area (Å²) in [6.07, 6.45) is -1.66. The molecule has 8 nitrogen and oxygen atoms in total. The normalized spacial score (nSPS) is 24.9. The van der Waals surface area contributed by atoms with Crippen molar-refractivity contribution in [3.05, 3.63) is 0 Å². The van der Waals surface area contributed by atoms with Gasteiger partial charge in [0.2, 0.25) is 0 Å². The Morgan fingerprint density at radius 3 is 2.74 bits per heavy atom. The van der Waals surface area contributed by atoms with E-state index in [1.807, 2.05) is 0 Å². The fourth-order valence-electron chi connectivity index (χ4n) is 1.88. The largest absolute Gasteiger partial charge is 0.479 e. The van der Waals surface area contributed by atoms with Crippen LogP contribution in [0.1, 0.15) is 6.92 Å². The van der Waals surface area contributed by atoms with E-state index >= 15 is 0 Å². The summed E-state index contributed by atoms with van der Waals surface area (Å²) in [6.45, 7) is 2.20. The van der Waals surface area contributed by atoms with Crippen molar-refractivity contribution in [1.29, 1.82) is 0 Å². The Hall–Kier alpha value is -1.38. The van der Waals surface area contributed by atoms with Gasteiger partial charge in [0, 0.05) is 13.7 Å². The lowest BCUT2D eigenvalue weighted by atomic mass is 10.2. The van der Waals surface area contributed by atoms with Gasteiger partial charge in [0.05, 0.1) is 31.9 Å². The van der Waals surface area contributed by atoms with Gasteiger partial charge in [0.1, 0.15) is 0 Å². The minimum absolute atomic E-state index is 0.111. The molecule has 0 aromatic rings. The van der Waals surface area contributed by atoms with E-state index < -0.39 is 24.2 Å². The van der Waals surface area contributed by atoms with Crippen molar-refractivity contribution in [3.63, 3.8) is 0 Å². The maximum atomic E-state index is 11.9. The van der Waals surface area contributed by atoms with E-state index in [4.69, 9.17) is 19.7 Å². The van der Waals surface area contributed by atoms with Crippen LogP contribution >= 0.6 is 0 Å². The fraction of sp³-hybridized carbons (Fsp3) is 0.818. The van der Waals surface area contributed by atoms with Gasteiger partial charge >= 0.3 is 12.0 Å². The monoisotopic (exact) mass is 276 g/mol. The number of hydrogen-bond acceptors (Lipinski definition) is 5. The third-order valence-corrected chi connectivity index (χ3v) is 2.82. The molecular weight excluding hydrogens is 256 g/mol. The summed E-state index contributed by atoms with van der Waals surface area (Å²) in [4.78, 5) is 24.1. The Kier molecular flexibility index (Phi) is 6.00. The second-order valence-corrected chi connectivity index (χ2v) is 4.40. The van der Waals surface area contributed by atoms with Crippen LogP contribution in [0.3, 0.4) is 0 Å². The van der Waals surface area contributed by atoms with Gasteiger partial charge in [-0.15, -0.1) is 0 Å². The highest BCUT2D eigenvalue weighted by Gasteiger charge is 2.28. The van der Waals surface area contributed by atoms with Crippen LogP contribution in [0.25, 0.3) is 0 Å². The molecule has 1 fully saturated rings. The van der Waals surface area contributed by atoms with Crippen molar-refractivity contribution < 1.29 is 29.3 Å². The number of ether oxygens (including phenoxy) is 2. The van der Waals surface area contributed by atoms with Crippen molar-refractivity contribution in [3.8, 4) is 0 Å². The Morgan fingerprint density at radius 2 is 2.21 bits per heavy atom. The lowest BCUT2D eigenvalue weighted by molar-refractivity contribution is -0.148. The number of rotatable bonds is 5. The summed E-state index contributed by atoms with van der Waals surface area (Å²) < 4.78 is 10.1. The molecule has 1 aliphatic rings. The summed E-state index contributed by atoms with van der Waals surface area (Å²) in [7, 11) is 1.27. The number of morpholine rings is 1. The molecule has 0 aromatic heterocycles. The molecule has 0 aliphatic carbocycles. The van der Waals surface area contributed by atoms with E-state index in [1.54, 1.807) is 6.92 Å². The highest BCUT2D eigenvalue weighted by Crippen LogP contribution is 2.10. The third kappa shape index (κ3) is 4.66. The van der Waals surface area contributed by atoms with Gasteiger partial charge in [-0.25, -0.2) is 9.59 Å². The first-order valence-corrected chi connectivity index (χ1v) is 6.02. The van der Waals surface area contributed by atoms with Crippen LogP contribution in [0.2, 0.25) is 0 Å². The van der Waals surface area contributed by atoms with Gasteiger partial charge in [0.25, 0.3) is 0 Å².